The highest BCUT2D eigenvalue weighted by Crippen LogP contribution is 2.29. The van der Waals surface area contributed by atoms with Crippen LogP contribution >= 0.6 is 0 Å². The summed E-state index contributed by atoms with van der Waals surface area (Å²) >= 11 is 0. The minimum atomic E-state index is -0.349. The zero-order chi connectivity index (χ0) is 14.5. The lowest BCUT2D eigenvalue weighted by Crippen LogP contribution is -2.44. The van der Waals surface area contributed by atoms with Crippen LogP contribution in [-0.2, 0) is 4.84 Å². The van der Waals surface area contributed by atoms with Crippen molar-refractivity contribution in [3.8, 4) is 0 Å². The molecule has 7 nitrogen and oxygen atoms in total. The van der Waals surface area contributed by atoms with E-state index in [2.05, 4.69) is 26.8 Å². The van der Waals surface area contributed by atoms with E-state index in [1.807, 2.05) is 6.07 Å². The third-order valence-electron chi connectivity index (χ3n) is 3.35. The van der Waals surface area contributed by atoms with Crippen molar-refractivity contribution in [3.05, 3.63) is 33.9 Å². The lowest BCUT2D eigenvalue weighted by molar-refractivity contribution is -0.384. The second kappa shape index (κ2) is 6.33. The van der Waals surface area contributed by atoms with Crippen molar-refractivity contribution >= 4 is 17.6 Å². The van der Waals surface area contributed by atoms with E-state index in [0.29, 0.717) is 11.3 Å². The van der Waals surface area contributed by atoms with Crippen LogP contribution in [0.25, 0.3) is 0 Å². The Labute approximate surface area is 117 Å². The number of oxime groups is 1. The Balaban J connectivity index is 2.28. The highest BCUT2D eigenvalue weighted by molar-refractivity contribution is 5.82. The molecule has 1 aliphatic heterocycles. The summed E-state index contributed by atoms with van der Waals surface area (Å²) in [5.74, 6) is 0. The molecule has 7 heteroatoms. The van der Waals surface area contributed by atoms with Crippen molar-refractivity contribution in [2.24, 2.45) is 5.16 Å². The monoisotopic (exact) mass is 278 g/mol. The predicted molar refractivity (Wildman–Crippen MR) is 77.4 cm³/mol. The molecule has 1 heterocycles. The second-order valence-corrected chi connectivity index (χ2v) is 4.71. The molecule has 108 valence electrons. The number of rotatable bonds is 4. The van der Waals surface area contributed by atoms with E-state index in [1.54, 1.807) is 6.07 Å². The van der Waals surface area contributed by atoms with Crippen LogP contribution in [0.5, 0.6) is 0 Å². The number of hydrogen-bond donors (Lipinski definition) is 0. The van der Waals surface area contributed by atoms with Crippen LogP contribution in [0.3, 0.4) is 0 Å². The van der Waals surface area contributed by atoms with Crippen LogP contribution in [0.2, 0.25) is 0 Å². The molecule has 1 aromatic carbocycles. The lowest BCUT2D eigenvalue weighted by atomic mass is 10.1. The van der Waals surface area contributed by atoms with Crippen molar-refractivity contribution in [3.63, 3.8) is 0 Å². The summed E-state index contributed by atoms with van der Waals surface area (Å²) in [5.41, 5.74) is 1.42. The largest absolute Gasteiger partial charge is 0.399 e. The third-order valence-corrected chi connectivity index (χ3v) is 3.35. The van der Waals surface area contributed by atoms with Crippen LogP contribution in [0.4, 0.5) is 11.4 Å². The molecule has 0 aromatic heterocycles. The van der Waals surface area contributed by atoms with E-state index in [1.165, 1.54) is 19.4 Å². The minimum absolute atomic E-state index is 0.106. The van der Waals surface area contributed by atoms with Gasteiger partial charge >= 0.3 is 0 Å². The molecule has 1 aromatic rings. The number of hydrogen-bond acceptors (Lipinski definition) is 6. The number of anilines is 1. The first kappa shape index (κ1) is 14.3. The Hall–Kier alpha value is -2.15. The molecule has 2 rings (SSSR count). The molecule has 0 spiro atoms. The molecule has 0 bridgehead atoms. The summed E-state index contributed by atoms with van der Waals surface area (Å²) in [6.45, 7) is 3.40. The maximum atomic E-state index is 11.2. The summed E-state index contributed by atoms with van der Waals surface area (Å²) in [5, 5.41) is 14.9. The summed E-state index contributed by atoms with van der Waals surface area (Å²) in [6.07, 6.45) is 1.46. The summed E-state index contributed by atoms with van der Waals surface area (Å²) < 4.78 is 0. The van der Waals surface area contributed by atoms with Crippen LogP contribution in [0, 0.1) is 10.1 Å². The number of likely N-dealkylation sites (N-methyl/N-ethyl adjacent to an activating group) is 1. The first-order valence-electron chi connectivity index (χ1n) is 6.40. The normalized spacial score (nSPS) is 16.6. The fourth-order valence-corrected chi connectivity index (χ4v) is 2.20. The predicted octanol–water partition coefficient (Wildman–Crippen LogP) is 1.33. The number of nitro groups is 1. The lowest BCUT2D eigenvalue weighted by Gasteiger charge is -2.33. The van der Waals surface area contributed by atoms with E-state index < -0.39 is 0 Å². The van der Waals surface area contributed by atoms with Crippen molar-refractivity contribution in [2.75, 3.05) is 45.2 Å². The highest BCUT2D eigenvalue weighted by atomic mass is 16.6. The van der Waals surface area contributed by atoms with Gasteiger partial charge in [0, 0.05) is 37.8 Å². The Morgan fingerprint density at radius 1 is 1.35 bits per heavy atom. The molecule has 1 aliphatic rings. The van der Waals surface area contributed by atoms with Gasteiger partial charge in [-0.05, 0) is 13.1 Å². The third kappa shape index (κ3) is 3.24. The maximum absolute atomic E-state index is 11.2. The molecule has 0 saturated carbocycles. The molecule has 1 saturated heterocycles. The minimum Gasteiger partial charge on any atom is -0.399 e. The maximum Gasteiger partial charge on any atom is 0.293 e. The van der Waals surface area contributed by atoms with E-state index in [9.17, 15) is 10.1 Å². The number of piperazine rings is 1. The van der Waals surface area contributed by atoms with E-state index in [4.69, 9.17) is 0 Å². The summed E-state index contributed by atoms with van der Waals surface area (Å²) in [7, 11) is 3.49. The Kier molecular flexibility index (Phi) is 4.52. The number of nitro benzene ring substituents is 1. The average Bonchev–Trinajstić information content (AvgIpc) is 2.45. The molecule has 0 atom stereocenters. The van der Waals surface area contributed by atoms with Gasteiger partial charge in [0.25, 0.3) is 5.69 Å². The molecule has 0 aliphatic carbocycles. The zero-order valence-corrected chi connectivity index (χ0v) is 11.7. The van der Waals surface area contributed by atoms with Crippen molar-refractivity contribution < 1.29 is 9.76 Å². The van der Waals surface area contributed by atoms with Gasteiger partial charge in [-0.3, -0.25) is 10.1 Å². The summed E-state index contributed by atoms with van der Waals surface area (Å²) in [6, 6.07) is 5.11. The van der Waals surface area contributed by atoms with Gasteiger partial charge in [-0.2, -0.15) is 0 Å². The van der Waals surface area contributed by atoms with Crippen molar-refractivity contribution in [2.45, 2.75) is 0 Å². The van der Waals surface area contributed by atoms with Gasteiger partial charge in [0.05, 0.1) is 11.1 Å². The van der Waals surface area contributed by atoms with Crippen LogP contribution in [0.1, 0.15) is 5.56 Å². The van der Waals surface area contributed by atoms with Gasteiger partial charge in [0.2, 0.25) is 0 Å². The van der Waals surface area contributed by atoms with Gasteiger partial charge in [0.1, 0.15) is 12.8 Å². The molecule has 0 N–H and O–H groups in total. The standard InChI is InChI=1S/C13H18N4O3/c1-15-5-7-16(8-6-15)12-4-3-11(10-14-20-2)9-13(12)17(18)19/h3-4,9-10H,5-8H2,1-2H3. The Morgan fingerprint density at radius 3 is 2.65 bits per heavy atom. The van der Waals surface area contributed by atoms with E-state index in [0.717, 1.165) is 26.2 Å². The molecule has 0 radical (unpaired) electrons. The molecular weight excluding hydrogens is 260 g/mol. The molecule has 0 amide bonds. The quantitative estimate of drug-likeness (QED) is 0.472. The van der Waals surface area contributed by atoms with Crippen molar-refractivity contribution in [1.82, 2.24) is 4.90 Å². The first-order valence-corrected chi connectivity index (χ1v) is 6.40. The van der Waals surface area contributed by atoms with E-state index in [-0.39, 0.29) is 10.6 Å². The fourth-order valence-electron chi connectivity index (χ4n) is 2.20. The Morgan fingerprint density at radius 2 is 2.05 bits per heavy atom. The molecule has 20 heavy (non-hydrogen) atoms. The topological polar surface area (TPSA) is 71.2 Å². The fraction of sp³-hybridized carbons (Fsp3) is 0.462. The van der Waals surface area contributed by atoms with Gasteiger partial charge in [0.15, 0.2) is 0 Å². The van der Waals surface area contributed by atoms with Crippen LogP contribution < -0.4 is 4.90 Å². The van der Waals surface area contributed by atoms with Gasteiger partial charge in [-0.25, -0.2) is 0 Å². The van der Waals surface area contributed by atoms with Gasteiger partial charge in [-0.1, -0.05) is 11.2 Å². The summed E-state index contributed by atoms with van der Waals surface area (Å²) in [4.78, 5) is 19.7. The van der Waals surface area contributed by atoms with Crippen molar-refractivity contribution in [1.29, 1.82) is 0 Å². The SMILES string of the molecule is CON=Cc1ccc(N2CCN(C)CC2)c([N+](=O)[O-])c1. The smallest absolute Gasteiger partial charge is 0.293 e. The Bertz CT molecular complexity index is 510. The molecule has 0 unspecified atom stereocenters. The van der Waals surface area contributed by atoms with E-state index >= 15 is 0 Å². The molecular formula is C13H18N4O3. The highest BCUT2D eigenvalue weighted by Gasteiger charge is 2.22. The first-order chi connectivity index (χ1) is 9.61. The molecule has 1 fully saturated rings. The number of benzene rings is 1. The van der Waals surface area contributed by atoms with Crippen LogP contribution in [-0.4, -0.2) is 56.4 Å². The van der Waals surface area contributed by atoms with Gasteiger partial charge < -0.3 is 14.6 Å². The van der Waals surface area contributed by atoms with Gasteiger partial charge in [-0.15, -0.1) is 0 Å². The zero-order valence-electron chi connectivity index (χ0n) is 11.7. The van der Waals surface area contributed by atoms with Crippen LogP contribution in [0.15, 0.2) is 23.4 Å². The number of nitrogens with zero attached hydrogens (tertiary/aromatic N) is 4. The average molecular weight is 278 g/mol. The second-order valence-electron chi connectivity index (χ2n) is 4.71.